The van der Waals surface area contributed by atoms with Gasteiger partial charge in [-0.25, -0.2) is 13.5 Å². The first-order valence-electron chi connectivity index (χ1n) is 14.2. The van der Waals surface area contributed by atoms with Crippen molar-refractivity contribution in [2.24, 2.45) is 5.92 Å². The lowest BCUT2D eigenvalue weighted by molar-refractivity contribution is -0.137. The first-order chi connectivity index (χ1) is 19.7. The van der Waals surface area contributed by atoms with Gasteiger partial charge in [0.05, 0.1) is 22.2 Å². The molecule has 0 unspecified atom stereocenters. The fourth-order valence-corrected chi connectivity index (χ4v) is 3.19. The minimum absolute atomic E-state index is 0. The Morgan fingerprint density at radius 2 is 1.77 bits per heavy atom. The summed E-state index contributed by atoms with van der Waals surface area (Å²) < 4.78 is 138. The van der Waals surface area contributed by atoms with E-state index in [2.05, 4.69) is 15.4 Å². The number of aromatic nitrogens is 3. The molecular weight excluding hydrogens is 471 g/mol. The van der Waals surface area contributed by atoms with Crippen molar-refractivity contribution >= 4 is 23.2 Å². The average molecular weight is 503 g/mol. The number of anilines is 3. The van der Waals surface area contributed by atoms with Gasteiger partial charge in [-0.05, 0) is 43.2 Å². The van der Waals surface area contributed by atoms with Gasteiger partial charge in [0.1, 0.15) is 6.33 Å². The summed E-state index contributed by atoms with van der Waals surface area (Å²) in [6, 6.07) is 4.42. The minimum atomic E-state index is -5.09. The van der Waals surface area contributed by atoms with Crippen LogP contribution in [0.4, 0.5) is 39.3 Å². The molecule has 2 fully saturated rings. The number of carbonyl (C=O) groups excluding carboxylic acids is 1. The summed E-state index contributed by atoms with van der Waals surface area (Å²) in [6.07, 6.45) is -3.54. The van der Waals surface area contributed by atoms with Crippen LogP contribution in [-0.4, -0.2) is 51.6 Å². The molecule has 1 N–H and O–H groups in total. The first kappa shape index (κ1) is 15.3. The van der Waals surface area contributed by atoms with Gasteiger partial charge in [0.2, 0.25) is 11.9 Å². The highest BCUT2D eigenvalue weighted by Gasteiger charge is 2.35. The molecule has 1 saturated carbocycles. The second kappa shape index (κ2) is 8.82. The van der Waals surface area contributed by atoms with Crippen LogP contribution in [-0.2, 0) is 11.0 Å². The summed E-state index contributed by atoms with van der Waals surface area (Å²) >= 11 is 0. The Labute approximate surface area is 209 Å². The molecule has 1 aliphatic heterocycles. The summed E-state index contributed by atoms with van der Waals surface area (Å²) in [7, 11) is 0. The smallest absolute Gasteiger partial charge is 0.368 e. The predicted octanol–water partition coefficient (Wildman–Crippen LogP) is 4.61. The van der Waals surface area contributed by atoms with Crippen LogP contribution in [0.3, 0.4) is 0 Å². The monoisotopic (exact) mass is 502 g/mol. The average Bonchev–Trinajstić information content (AvgIpc) is 3.63. The minimum Gasteiger partial charge on any atom is -0.368 e. The van der Waals surface area contributed by atoms with Gasteiger partial charge in [-0.1, -0.05) is 0 Å². The number of hydrogen-bond acceptors (Lipinski definition) is 5. The van der Waals surface area contributed by atoms with E-state index < -0.39 is 72.6 Å². The summed E-state index contributed by atoms with van der Waals surface area (Å²) in [6.45, 7) is -14.3. The summed E-state index contributed by atoms with van der Waals surface area (Å²) in [5.41, 5.74) is -2.85. The molecular formula is C23H23F5N6O. The van der Waals surface area contributed by atoms with Crippen molar-refractivity contribution in [2.75, 3.05) is 36.2 Å². The maximum Gasteiger partial charge on any atom is 0.416 e. The van der Waals surface area contributed by atoms with Gasteiger partial charge in [0.15, 0.2) is 11.6 Å². The van der Waals surface area contributed by atoms with E-state index in [-0.39, 0.29) is 35.7 Å². The Balaban J connectivity index is 0.00000442. The second-order valence-corrected chi connectivity index (χ2v) is 7.73. The molecule has 2 heterocycles. The number of hydrogen-bond donors (Lipinski definition) is 1. The van der Waals surface area contributed by atoms with Gasteiger partial charge in [0.25, 0.3) is 0 Å². The van der Waals surface area contributed by atoms with Gasteiger partial charge < -0.3 is 15.1 Å². The Morgan fingerprint density at radius 1 is 1.03 bits per heavy atom. The van der Waals surface area contributed by atoms with Crippen LogP contribution < -0.4 is 10.2 Å². The molecule has 5 rings (SSSR count). The lowest BCUT2D eigenvalue weighted by atomic mass is 10.1. The third kappa shape index (κ3) is 5.05. The van der Waals surface area contributed by atoms with E-state index in [0.717, 1.165) is 35.3 Å². The molecule has 186 valence electrons. The summed E-state index contributed by atoms with van der Waals surface area (Å²) in [4.78, 5) is 16.5. The fraction of sp³-hybridized carbons (Fsp3) is 0.348. The van der Waals surface area contributed by atoms with Crippen molar-refractivity contribution in [2.45, 2.75) is 19.0 Å². The topological polar surface area (TPSA) is 66.3 Å². The van der Waals surface area contributed by atoms with Gasteiger partial charge in [0, 0.05) is 50.8 Å². The highest BCUT2D eigenvalue weighted by atomic mass is 19.4. The van der Waals surface area contributed by atoms with E-state index in [4.69, 9.17) is 11.0 Å². The van der Waals surface area contributed by atoms with E-state index >= 15 is 0 Å². The number of piperazine rings is 1. The van der Waals surface area contributed by atoms with Crippen LogP contribution >= 0.6 is 0 Å². The van der Waals surface area contributed by atoms with Gasteiger partial charge in [-0.15, -0.1) is 5.10 Å². The normalized spacial score (nSPS) is 25.6. The molecule has 1 aliphatic carbocycles. The van der Waals surface area contributed by atoms with Crippen molar-refractivity contribution in [1.82, 2.24) is 19.7 Å². The van der Waals surface area contributed by atoms with Gasteiger partial charge >= 0.3 is 6.18 Å². The standard InChI is InChI=1S/C23H21F5N6O.H2/c24-19-4-3-17(12-20(19)25)34-13-29-22(31-34)30-16-9-15(23(26,27)28)10-18(11-16)32-5-7-33(8-6-32)21(35)14-1-2-14;/h3-4,9-14H,1-2,5-8H2,(H,30,31);1H/i5D2,6D2,7D2,8D2;. The van der Waals surface area contributed by atoms with Crippen molar-refractivity contribution in [1.29, 1.82) is 0 Å². The van der Waals surface area contributed by atoms with E-state index in [0.29, 0.717) is 12.1 Å². The molecule has 1 aromatic heterocycles. The Kier molecular flexibility index (Phi) is 3.86. The third-order valence-corrected chi connectivity index (χ3v) is 5.11. The molecule has 35 heavy (non-hydrogen) atoms. The van der Waals surface area contributed by atoms with Crippen LogP contribution in [0, 0.1) is 17.6 Å². The maximum atomic E-state index is 14.0. The SMILES string of the molecule is [2H]C1([2H])N(C(=O)C2CC2)C([2H])([2H])C([2H])([2H])N(c2cc(Nc3ncn(-c4ccc(F)c(F)c4)n3)cc(C(F)(F)F)c2)C1([2H])[2H].[HH]. The van der Waals surface area contributed by atoms with Crippen molar-refractivity contribution in [3.8, 4) is 5.69 Å². The third-order valence-electron chi connectivity index (χ3n) is 5.11. The number of nitrogens with zero attached hydrogens (tertiary/aromatic N) is 5. The molecule has 1 amide bonds. The molecule has 2 aliphatic rings. The van der Waals surface area contributed by atoms with E-state index in [1.54, 1.807) is 0 Å². The zero-order valence-corrected chi connectivity index (χ0v) is 17.6. The Bertz CT molecular complexity index is 1570. The Morgan fingerprint density at radius 3 is 2.43 bits per heavy atom. The zero-order chi connectivity index (χ0) is 31.9. The molecule has 0 spiro atoms. The highest BCUT2D eigenvalue weighted by molar-refractivity contribution is 5.81. The molecule has 3 aromatic rings. The molecule has 0 radical (unpaired) electrons. The number of benzene rings is 2. The molecule has 7 nitrogen and oxygen atoms in total. The number of halogens is 5. The number of rotatable bonds is 5. The lowest BCUT2D eigenvalue weighted by Crippen LogP contribution is -2.49. The van der Waals surface area contributed by atoms with Gasteiger partial charge in [-0.3, -0.25) is 4.79 Å². The van der Waals surface area contributed by atoms with Crippen LogP contribution in [0.5, 0.6) is 0 Å². The zero-order valence-electron chi connectivity index (χ0n) is 25.6. The van der Waals surface area contributed by atoms with E-state index in [1.165, 1.54) is 0 Å². The predicted molar refractivity (Wildman–Crippen MR) is 120 cm³/mol. The van der Waals surface area contributed by atoms with Crippen molar-refractivity contribution < 1.29 is 39.1 Å². The van der Waals surface area contributed by atoms with Gasteiger partial charge in [-0.2, -0.15) is 18.2 Å². The molecule has 1 saturated heterocycles. The highest BCUT2D eigenvalue weighted by Crippen LogP contribution is 2.36. The number of carbonyl (C=O) groups is 1. The molecule has 0 bridgehead atoms. The van der Waals surface area contributed by atoms with Crippen molar-refractivity contribution in [3.05, 3.63) is 59.9 Å². The number of amides is 1. The largest absolute Gasteiger partial charge is 0.416 e. The second-order valence-electron chi connectivity index (χ2n) is 7.73. The molecule has 2 aromatic carbocycles. The summed E-state index contributed by atoms with van der Waals surface area (Å²) in [5, 5.41) is 6.36. The van der Waals surface area contributed by atoms with Crippen LogP contribution in [0.15, 0.2) is 42.7 Å². The van der Waals surface area contributed by atoms with Crippen LogP contribution in [0.25, 0.3) is 5.69 Å². The number of nitrogens with one attached hydrogen (secondary N) is 1. The summed E-state index contributed by atoms with van der Waals surface area (Å²) in [5.74, 6) is -4.70. The fourth-order valence-electron chi connectivity index (χ4n) is 3.19. The van der Waals surface area contributed by atoms with Crippen molar-refractivity contribution in [3.63, 3.8) is 0 Å². The van der Waals surface area contributed by atoms with Crippen LogP contribution in [0.2, 0.25) is 0 Å². The molecule has 12 heteroatoms. The maximum absolute atomic E-state index is 14.0. The number of alkyl halides is 3. The molecule has 0 atom stereocenters. The van der Waals surface area contributed by atoms with E-state index in [9.17, 15) is 26.7 Å². The van der Waals surface area contributed by atoms with E-state index in [1.807, 2.05) is 0 Å². The Hall–Kier alpha value is -3.70. The quantitative estimate of drug-likeness (QED) is 0.516. The van der Waals surface area contributed by atoms with Crippen LogP contribution in [0.1, 0.15) is 30.8 Å². The first-order valence-corrected chi connectivity index (χ1v) is 10.2. The lowest BCUT2D eigenvalue weighted by Gasteiger charge is -2.36.